The number of nitrogens with zero attached hydrogens (tertiary/aromatic N) is 4. The van der Waals surface area contributed by atoms with Gasteiger partial charge in [-0.3, -0.25) is 0 Å². The van der Waals surface area contributed by atoms with Gasteiger partial charge in [0.05, 0.1) is 14.2 Å². The third kappa shape index (κ3) is 2.84. The summed E-state index contributed by atoms with van der Waals surface area (Å²) in [6.45, 7) is 6.44. The van der Waals surface area contributed by atoms with Gasteiger partial charge in [0.15, 0.2) is 17.1 Å². The number of rotatable bonds is 5. The highest BCUT2D eigenvalue weighted by atomic mass is 16.5. The van der Waals surface area contributed by atoms with Gasteiger partial charge in [-0.25, -0.2) is 9.97 Å². The van der Waals surface area contributed by atoms with Crippen LogP contribution in [0, 0.1) is 20.8 Å². The lowest BCUT2D eigenvalue weighted by molar-refractivity contribution is 0.354. The van der Waals surface area contributed by atoms with Gasteiger partial charge in [-0.15, -0.1) is 5.10 Å². The highest BCUT2D eigenvalue weighted by Gasteiger charge is 2.12. The fourth-order valence-corrected chi connectivity index (χ4v) is 2.54. The summed E-state index contributed by atoms with van der Waals surface area (Å²) in [5, 5.41) is 7.75. The maximum Gasteiger partial charge on any atom is 0.226 e. The lowest BCUT2D eigenvalue weighted by atomic mass is 10.2. The van der Waals surface area contributed by atoms with Gasteiger partial charge in [-0.2, -0.15) is 4.52 Å². The number of methoxy groups -OCH3 is 2. The van der Waals surface area contributed by atoms with Crippen LogP contribution in [0.3, 0.4) is 0 Å². The first-order valence-corrected chi connectivity index (χ1v) is 7.69. The first kappa shape index (κ1) is 16.0. The maximum absolute atomic E-state index is 5.34. The Kier molecular flexibility index (Phi) is 4.24. The van der Waals surface area contributed by atoms with Crippen molar-refractivity contribution in [2.75, 3.05) is 19.5 Å². The molecule has 0 atom stereocenters. The van der Waals surface area contributed by atoms with E-state index in [4.69, 9.17) is 9.47 Å². The van der Waals surface area contributed by atoms with Crippen LogP contribution in [0.25, 0.3) is 5.65 Å². The average molecular weight is 327 g/mol. The molecule has 0 bridgehead atoms. The molecule has 0 fully saturated rings. The zero-order valence-corrected chi connectivity index (χ0v) is 14.5. The summed E-state index contributed by atoms with van der Waals surface area (Å²) in [5.41, 5.74) is 3.85. The van der Waals surface area contributed by atoms with Gasteiger partial charge in [-0.1, -0.05) is 6.07 Å². The van der Waals surface area contributed by atoms with Crippen LogP contribution in [-0.4, -0.2) is 33.8 Å². The van der Waals surface area contributed by atoms with Gasteiger partial charge in [0.1, 0.15) is 5.82 Å². The third-order valence-corrected chi connectivity index (χ3v) is 3.96. The van der Waals surface area contributed by atoms with Crippen LogP contribution in [0.15, 0.2) is 18.2 Å². The van der Waals surface area contributed by atoms with Crippen LogP contribution >= 0.6 is 0 Å². The predicted octanol–water partition coefficient (Wildman–Crippen LogP) is 2.68. The Morgan fingerprint density at radius 2 is 1.79 bits per heavy atom. The number of ether oxygens (including phenoxy) is 2. The molecular weight excluding hydrogens is 306 g/mol. The summed E-state index contributed by atoms with van der Waals surface area (Å²) >= 11 is 0. The molecule has 0 aliphatic heterocycles. The molecule has 1 N–H and O–H groups in total. The lowest BCUT2D eigenvalue weighted by Gasteiger charge is -2.12. The van der Waals surface area contributed by atoms with Crippen molar-refractivity contribution in [1.82, 2.24) is 19.6 Å². The molecule has 0 saturated heterocycles. The summed E-state index contributed by atoms with van der Waals surface area (Å²) in [7, 11) is 3.25. The van der Waals surface area contributed by atoms with E-state index in [1.165, 1.54) is 0 Å². The molecule has 3 aromatic rings. The van der Waals surface area contributed by atoms with Crippen LogP contribution in [0.2, 0.25) is 0 Å². The lowest BCUT2D eigenvalue weighted by Crippen LogP contribution is -2.10. The molecule has 0 aliphatic carbocycles. The van der Waals surface area contributed by atoms with E-state index in [0.29, 0.717) is 24.0 Å². The number of fused-ring (bicyclic) bond motifs is 1. The van der Waals surface area contributed by atoms with E-state index in [-0.39, 0.29) is 0 Å². The molecule has 0 radical (unpaired) electrons. The Labute approximate surface area is 140 Å². The molecule has 0 amide bonds. The molecule has 3 rings (SSSR count). The van der Waals surface area contributed by atoms with E-state index in [0.717, 1.165) is 28.3 Å². The largest absolute Gasteiger partial charge is 0.493 e. The highest BCUT2D eigenvalue weighted by Crippen LogP contribution is 2.27. The van der Waals surface area contributed by atoms with E-state index >= 15 is 0 Å². The van der Waals surface area contributed by atoms with Crippen molar-refractivity contribution >= 4 is 11.6 Å². The molecule has 2 aromatic heterocycles. The summed E-state index contributed by atoms with van der Waals surface area (Å²) in [6, 6.07) is 5.81. The number of aryl methyl sites for hydroxylation is 3. The van der Waals surface area contributed by atoms with Gasteiger partial charge < -0.3 is 14.8 Å². The Morgan fingerprint density at radius 1 is 1.04 bits per heavy atom. The summed E-state index contributed by atoms with van der Waals surface area (Å²) in [5.74, 6) is 2.80. The summed E-state index contributed by atoms with van der Waals surface area (Å²) < 4.78 is 12.4. The molecule has 0 aliphatic rings. The van der Waals surface area contributed by atoms with E-state index in [1.54, 1.807) is 18.7 Å². The van der Waals surface area contributed by atoms with Crippen LogP contribution in [-0.2, 0) is 6.54 Å². The van der Waals surface area contributed by atoms with Crippen LogP contribution in [0.4, 0.5) is 5.95 Å². The quantitative estimate of drug-likeness (QED) is 0.777. The van der Waals surface area contributed by atoms with Gasteiger partial charge in [-0.05, 0) is 38.5 Å². The average Bonchev–Trinajstić information content (AvgIpc) is 2.98. The fraction of sp³-hybridized carbons (Fsp3) is 0.353. The minimum absolute atomic E-state index is 0.587. The van der Waals surface area contributed by atoms with E-state index < -0.39 is 0 Å². The van der Waals surface area contributed by atoms with Crippen molar-refractivity contribution < 1.29 is 9.47 Å². The zero-order chi connectivity index (χ0) is 17.3. The highest BCUT2D eigenvalue weighted by molar-refractivity contribution is 5.53. The van der Waals surface area contributed by atoms with Crippen molar-refractivity contribution in [3.63, 3.8) is 0 Å². The number of aromatic nitrogens is 4. The van der Waals surface area contributed by atoms with E-state index in [9.17, 15) is 0 Å². The number of anilines is 1. The second-order valence-corrected chi connectivity index (χ2v) is 5.58. The molecular formula is C17H21N5O2. The predicted molar refractivity (Wildman–Crippen MR) is 91.9 cm³/mol. The topological polar surface area (TPSA) is 73.6 Å². The monoisotopic (exact) mass is 327 g/mol. The van der Waals surface area contributed by atoms with Crippen LogP contribution in [0.5, 0.6) is 11.5 Å². The summed E-state index contributed by atoms with van der Waals surface area (Å²) in [4.78, 5) is 9.07. The Hall–Kier alpha value is -2.83. The van der Waals surface area contributed by atoms with Gasteiger partial charge in [0.25, 0.3) is 0 Å². The maximum atomic E-state index is 5.34. The van der Waals surface area contributed by atoms with Crippen molar-refractivity contribution in [2.45, 2.75) is 27.3 Å². The van der Waals surface area contributed by atoms with Crippen molar-refractivity contribution in [3.05, 3.63) is 40.8 Å². The minimum atomic E-state index is 0.587. The normalized spacial score (nSPS) is 10.9. The molecule has 0 unspecified atom stereocenters. The first-order chi connectivity index (χ1) is 11.5. The van der Waals surface area contributed by atoms with Gasteiger partial charge >= 0.3 is 0 Å². The van der Waals surface area contributed by atoms with Crippen molar-refractivity contribution in [2.24, 2.45) is 0 Å². The Bertz CT molecular complexity index is 888. The fourth-order valence-electron chi connectivity index (χ4n) is 2.54. The smallest absolute Gasteiger partial charge is 0.226 e. The summed E-state index contributed by atoms with van der Waals surface area (Å²) in [6.07, 6.45) is 0. The van der Waals surface area contributed by atoms with Crippen molar-refractivity contribution in [3.8, 4) is 11.5 Å². The number of nitrogens with one attached hydrogen (secondary N) is 1. The molecule has 7 heteroatoms. The molecule has 24 heavy (non-hydrogen) atoms. The minimum Gasteiger partial charge on any atom is -0.493 e. The second kappa shape index (κ2) is 6.35. The molecule has 2 heterocycles. The SMILES string of the molecule is COc1ccc(CNc2nc(C)c(C)c3nc(C)nn23)cc1OC. The standard InChI is InChI=1S/C17H21N5O2/c1-10-11(2)19-17(22-16(10)20-12(3)21-22)18-9-13-6-7-14(23-4)15(8-13)24-5/h6-8H,9H2,1-5H3,(H,18,19). The van der Waals surface area contributed by atoms with Crippen LogP contribution in [0.1, 0.15) is 22.6 Å². The van der Waals surface area contributed by atoms with E-state index in [1.807, 2.05) is 39.0 Å². The third-order valence-electron chi connectivity index (χ3n) is 3.96. The van der Waals surface area contributed by atoms with Crippen LogP contribution < -0.4 is 14.8 Å². The van der Waals surface area contributed by atoms with E-state index in [2.05, 4.69) is 20.4 Å². The molecule has 0 spiro atoms. The Morgan fingerprint density at radius 3 is 2.50 bits per heavy atom. The first-order valence-electron chi connectivity index (χ1n) is 7.69. The molecule has 7 nitrogen and oxygen atoms in total. The number of hydrogen-bond acceptors (Lipinski definition) is 6. The van der Waals surface area contributed by atoms with Gasteiger partial charge in [0.2, 0.25) is 5.95 Å². The zero-order valence-electron chi connectivity index (χ0n) is 14.5. The molecule has 1 aromatic carbocycles. The number of hydrogen-bond donors (Lipinski definition) is 1. The van der Waals surface area contributed by atoms with Gasteiger partial charge in [0, 0.05) is 17.8 Å². The number of benzene rings is 1. The molecule has 126 valence electrons. The molecule has 0 saturated carbocycles. The second-order valence-electron chi connectivity index (χ2n) is 5.58. The Balaban J connectivity index is 1.90. The van der Waals surface area contributed by atoms with Crippen molar-refractivity contribution in [1.29, 1.82) is 0 Å².